The van der Waals surface area contributed by atoms with E-state index in [1.54, 1.807) is 4.52 Å². The van der Waals surface area contributed by atoms with Crippen LogP contribution in [0.3, 0.4) is 0 Å². The number of alkyl halides is 6. The highest BCUT2D eigenvalue weighted by Gasteiger charge is 2.44. The zero-order valence-corrected chi connectivity index (χ0v) is 29.1. The fourth-order valence-corrected chi connectivity index (χ4v) is 8.92. The summed E-state index contributed by atoms with van der Waals surface area (Å²) >= 11 is 0. The molecule has 2 saturated carbocycles. The Morgan fingerprint density at radius 2 is 1.40 bits per heavy atom. The Labute approximate surface area is 286 Å². The van der Waals surface area contributed by atoms with Gasteiger partial charge in [-0.15, -0.1) is 4.52 Å². The highest BCUT2D eigenvalue weighted by molar-refractivity contribution is 5.46. The van der Waals surface area contributed by atoms with Crippen molar-refractivity contribution in [2.45, 2.75) is 129 Å². The lowest BCUT2D eigenvalue weighted by Gasteiger charge is -2.35. The third-order valence-corrected chi connectivity index (χ3v) is 12.2. The number of aromatic nitrogens is 6. The smallest absolute Gasteiger partial charge is 0.278 e. The molecule has 0 bridgehead atoms. The number of hydrogen-bond donors (Lipinski definition) is 1. The van der Waals surface area contributed by atoms with E-state index in [1.807, 2.05) is 30.5 Å². The Kier molecular flexibility index (Phi) is 8.95. The number of piperidine rings is 1. The first kappa shape index (κ1) is 35.1. The van der Waals surface area contributed by atoms with E-state index in [0.29, 0.717) is 25.1 Å². The minimum atomic E-state index is -4.24. The van der Waals surface area contributed by atoms with Crippen LogP contribution in [0.4, 0.5) is 30.7 Å². The van der Waals surface area contributed by atoms with E-state index in [1.165, 1.54) is 0 Å². The van der Waals surface area contributed by atoms with Gasteiger partial charge < -0.3 is 0 Å². The average Bonchev–Trinajstić information content (AvgIpc) is 3.65. The molecular formula is C36H45F7N7+. The van der Waals surface area contributed by atoms with E-state index in [9.17, 15) is 26.3 Å². The minimum Gasteiger partial charge on any atom is -0.278 e. The van der Waals surface area contributed by atoms with Crippen LogP contribution in [0, 0.1) is 51.3 Å². The summed E-state index contributed by atoms with van der Waals surface area (Å²) < 4.78 is 102. The molecule has 3 fully saturated rings. The highest BCUT2D eigenvalue weighted by atomic mass is 19.4. The van der Waals surface area contributed by atoms with Gasteiger partial charge in [0.2, 0.25) is 0 Å². The molecule has 0 aromatic carbocycles. The first-order chi connectivity index (χ1) is 23.5. The molecule has 2 aliphatic carbocycles. The van der Waals surface area contributed by atoms with Gasteiger partial charge >= 0.3 is 18.0 Å². The number of aryl methyl sites for hydroxylation is 2. The predicted molar refractivity (Wildman–Crippen MR) is 172 cm³/mol. The highest BCUT2D eigenvalue weighted by Crippen LogP contribution is 2.45. The lowest BCUT2D eigenvalue weighted by molar-refractivity contribution is -0.716. The van der Waals surface area contributed by atoms with Crippen LogP contribution in [0.5, 0.6) is 0 Å². The molecule has 1 unspecified atom stereocenters. The fourth-order valence-electron chi connectivity index (χ4n) is 8.92. The summed E-state index contributed by atoms with van der Waals surface area (Å²) in [6.07, 6.45) is -6.24. The van der Waals surface area contributed by atoms with E-state index in [-0.39, 0.29) is 79.7 Å². The molecule has 4 aromatic rings. The van der Waals surface area contributed by atoms with Crippen molar-refractivity contribution < 1.29 is 35.3 Å². The molecule has 5 heterocycles. The number of halogens is 7. The van der Waals surface area contributed by atoms with Gasteiger partial charge in [-0.1, -0.05) is 12.0 Å². The van der Waals surface area contributed by atoms with Crippen LogP contribution < -0.4 is 9.88 Å². The Bertz CT molecular complexity index is 1890. The van der Waals surface area contributed by atoms with Gasteiger partial charge in [-0.3, -0.25) is 5.32 Å². The quantitative estimate of drug-likeness (QED) is 0.170. The molecule has 1 saturated heterocycles. The molecule has 3 atom stereocenters. The summed E-state index contributed by atoms with van der Waals surface area (Å²) in [5, 5.41) is 13.4. The molecule has 0 spiro atoms. The van der Waals surface area contributed by atoms with Gasteiger partial charge in [0, 0.05) is 48.9 Å². The van der Waals surface area contributed by atoms with Crippen molar-refractivity contribution in [1.82, 2.24) is 29.5 Å². The van der Waals surface area contributed by atoms with Crippen LogP contribution >= 0.6 is 0 Å². The summed E-state index contributed by atoms with van der Waals surface area (Å²) in [7, 11) is 0. The van der Waals surface area contributed by atoms with Gasteiger partial charge in [0.15, 0.2) is 17.6 Å². The fraction of sp³-hybridized carbons (Fsp3) is 0.667. The van der Waals surface area contributed by atoms with Crippen molar-refractivity contribution in [2.24, 2.45) is 17.8 Å². The Morgan fingerprint density at radius 1 is 0.800 bits per heavy atom. The predicted octanol–water partition coefficient (Wildman–Crippen LogP) is 8.62. The monoisotopic (exact) mass is 708 g/mol. The Morgan fingerprint density at radius 3 is 1.98 bits per heavy atom. The summed E-state index contributed by atoms with van der Waals surface area (Å²) in [4.78, 5) is 4.46. The minimum absolute atomic E-state index is 0.0269. The van der Waals surface area contributed by atoms with Gasteiger partial charge in [0.1, 0.15) is 17.1 Å². The van der Waals surface area contributed by atoms with Crippen molar-refractivity contribution in [2.75, 3.05) is 6.54 Å². The standard InChI is InChI=1S/C36H45F7N7/c1-18-14-30(48-21(4)20(3)22(5)49-31(48)16-28(46-49)23-6-10-25(11-7-23)35(38,39)40)44-17-27(18)29-15-19(2)45-34-32(37)33(47-50(29)34)24-8-12-26(13-9-24)36(41,42)43/h15-16,18,23-27,30,44H,6-14,17H2,1-5H3/q+1/t18-,23?,24?,25?,26?,27+,30?/m0/s1. The SMILES string of the molecule is Cc1cc([C@@H]2CNC([n+]3c(C)c(C)c(C)n4nc(C5CCC(C(F)(F)F)CC5)cc43)C[C@@H]2C)n2nc(C3CCC(C(F)(F)F)CC3)c(F)c2n1. The first-order valence-corrected chi connectivity index (χ1v) is 17.9. The van der Waals surface area contributed by atoms with Gasteiger partial charge in [0.05, 0.1) is 29.3 Å². The molecule has 272 valence electrons. The number of nitrogens with one attached hydrogen (secondary N) is 1. The molecule has 0 amide bonds. The maximum Gasteiger partial charge on any atom is 0.391 e. The van der Waals surface area contributed by atoms with Crippen molar-refractivity contribution in [1.29, 1.82) is 0 Å². The molecule has 3 aliphatic rings. The topological polar surface area (TPSA) is 63.4 Å². The number of hydrogen-bond acceptors (Lipinski definition) is 4. The first-order valence-electron chi connectivity index (χ1n) is 17.9. The molecule has 7 nitrogen and oxygen atoms in total. The Hall–Kier alpha value is -3.29. The zero-order valence-electron chi connectivity index (χ0n) is 29.1. The average molecular weight is 709 g/mol. The molecular weight excluding hydrogens is 663 g/mol. The molecule has 4 aromatic heterocycles. The third-order valence-electron chi connectivity index (χ3n) is 12.2. The molecule has 1 N–H and O–H groups in total. The van der Waals surface area contributed by atoms with E-state index in [0.717, 1.165) is 40.4 Å². The molecule has 7 rings (SSSR count). The summed E-state index contributed by atoms with van der Waals surface area (Å²) in [5.41, 5.74) is 6.63. The third kappa shape index (κ3) is 6.17. The second-order valence-corrected chi connectivity index (χ2v) is 15.2. The van der Waals surface area contributed by atoms with Crippen molar-refractivity contribution in [3.05, 3.63) is 57.7 Å². The molecule has 50 heavy (non-hydrogen) atoms. The van der Waals surface area contributed by atoms with Crippen molar-refractivity contribution in [3.8, 4) is 0 Å². The molecule has 14 heteroatoms. The van der Waals surface area contributed by atoms with E-state index >= 15 is 4.39 Å². The van der Waals surface area contributed by atoms with Crippen LogP contribution in [0.15, 0.2) is 12.1 Å². The van der Waals surface area contributed by atoms with Crippen LogP contribution in [0.2, 0.25) is 0 Å². The summed E-state index contributed by atoms with van der Waals surface area (Å²) in [6, 6.07) is 3.97. The van der Waals surface area contributed by atoms with Gasteiger partial charge in [-0.05, 0) is 84.1 Å². The maximum absolute atomic E-state index is 15.9. The van der Waals surface area contributed by atoms with Gasteiger partial charge in [0.25, 0.3) is 0 Å². The normalized spacial score (nSPS) is 28.5. The largest absolute Gasteiger partial charge is 0.391 e. The number of fused-ring (bicyclic) bond motifs is 2. The lowest BCUT2D eigenvalue weighted by atomic mass is 9.80. The summed E-state index contributed by atoms with van der Waals surface area (Å²) in [6.45, 7) is 10.7. The lowest BCUT2D eigenvalue weighted by Crippen LogP contribution is -2.55. The van der Waals surface area contributed by atoms with Gasteiger partial charge in [-0.2, -0.15) is 31.4 Å². The van der Waals surface area contributed by atoms with E-state index in [2.05, 4.69) is 40.7 Å². The van der Waals surface area contributed by atoms with E-state index in [4.69, 9.17) is 5.10 Å². The van der Waals surface area contributed by atoms with Crippen molar-refractivity contribution >= 4 is 11.3 Å². The van der Waals surface area contributed by atoms with Crippen LogP contribution in [0.1, 0.15) is 128 Å². The molecule has 1 aliphatic heterocycles. The summed E-state index contributed by atoms with van der Waals surface area (Å²) in [5.74, 6) is -3.49. The Balaban J connectivity index is 1.15. The van der Waals surface area contributed by atoms with Gasteiger partial charge in [-0.25, -0.2) is 18.5 Å². The second kappa shape index (κ2) is 12.7. The number of nitrogens with zero attached hydrogens (tertiary/aromatic N) is 6. The second-order valence-electron chi connectivity index (χ2n) is 15.2. The van der Waals surface area contributed by atoms with Crippen LogP contribution in [-0.4, -0.2) is 43.1 Å². The number of rotatable bonds is 4. The van der Waals surface area contributed by atoms with E-state index < -0.39 is 30.0 Å². The van der Waals surface area contributed by atoms with Crippen LogP contribution in [-0.2, 0) is 0 Å². The molecule has 0 radical (unpaired) electrons. The maximum atomic E-state index is 15.9. The van der Waals surface area contributed by atoms with Crippen molar-refractivity contribution in [3.63, 3.8) is 0 Å². The zero-order chi connectivity index (χ0) is 35.9. The van der Waals surface area contributed by atoms with Crippen LogP contribution in [0.25, 0.3) is 11.3 Å².